The number of aryl methyl sites for hydroxylation is 2. The maximum atomic E-state index is 11.5. The van der Waals surface area contributed by atoms with Crippen LogP contribution >= 0.6 is 23.1 Å². The predicted octanol–water partition coefficient (Wildman–Crippen LogP) is 3.27. The van der Waals surface area contributed by atoms with Crippen LogP contribution in [0, 0.1) is 13.8 Å². The molecule has 2 rings (SSSR count). The Hall–Kier alpha value is -1.14. The first-order chi connectivity index (χ1) is 9.43. The molecule has 0 spiro atoms. The Balaban J connectivity index is 2.50. The van der Waals surface area contributed by atoms with Crippen molar-refractivity contribution in [2.24, 2.45) is 0 Å². The van der Waals surface area contributed by atoms with Gasteiger partial charge in [-0.3, -0.25) is 4.79 Å². The maximum Gasteiger partial charge on any atom is 0.230 e. The summed E-state index contributed by atoms with van der Waals surface area (Å²) < 4.78 is 0. The first-order valence-corrected chi connectivity index (χ1v) is 8.35. The van der Waals surface area contributed by atoms with Crippen LogP contribution in [-0.2, 0) is 4.79 Å². The van der Waals surface area contributed by atoms with Gasteiger partial charge in [0.25, 0.3) is 0 Å². The van der Waals surface area contributed by atoms with E-state index >= 15 is 0 Å². The summed E-state index contributed by atoms with van der Waals surface area (Å²) in [6.07, 6.45) is 0. The molecule has 2 aromatic heterocycles. The Morgan fingerprint density at radius 1 is 1.35 bits per heavy atom. The fourth-order valence-corrected chi connectivity index (χ4v) is 3.86. The van der Waals surface area contributed by atoms with E-state index in [0.29, 0.717) is 5.75 Å². The van der Waals surface area contributed by atoms with Gasteiger partial charge in [-0.25, -0.2) is 9.97 Å². The molecular formula is C14H19N3OS2. The van der Waals surface area contributed by atoms with Crippen molar-refractivity contribution in [2.75, 3.05) is 12.8 Å². The Kier molecular flexibility index (Phi) is 4.65. The molecule has 4 nitrogen and oxygen atoms in total. The van der Waals surface area contributed by atoms with Crippen LogP contribution in [-0.4, -0.2) is 28.7 Å². The summed E-state index contributed by atoms with van der Waals surface area (Å²) in [6.45, 7) is 8.36. The van der Waals surface area contributed by atoms with Crippen LogP contribution in [0.25, 0.3) is 10.2 Å². The molecule has 0 aliphatic heterocycles. The van der Waals surface area contributed by atoms with Gasteiger partial charge < -0.3 is 5.32 Å². The van der Waals surface area contributed by atoms with Gasteiger partial charge >= 0.3 is 0 Å². The van der Waals surface area contributed by atoms with E-state index in [1.807, 2.05) is 0 Å². The Morgan fingerprint density at radius 3 is 2.65 bits per heavy atom. The third-order valence-electron chi connectivity index (χ3n) is 3.15. The zero-order valence-electron chi connectivity index (χ0n) is 12.4. The number of hydrogen-bond donors (Lipinski definition) is 1. The van der Waals surface area contributed by atoms with Gasteiger partial charge in [0.05, 0.1) is 5.75 Å². The van der Waals surface area contributed by atoms with E-state index < -0.39 is 0 Å². The van der Waals surface area contributed by atoms with E-state index in [1.54, 1.807) is 18.4 Å². The van der Waals surface area contributed by atoms with Crippen molar-refractivity contribution >= 4 is 39.2 Å². The summed E-state index contributed by atoms with van der Waals surface area (Å²) in [6, 6.07) is 0. The third-order valence-corrected chi connectivity index (χ3v) is 5.22. The molecule has 0 aromatic carbocycles. The van der Waals surface area contributed by atoms with E-state index in [4.69, 9.17) is 0 Å². The molecule has 0 fully saturated rings. The molecule has 108 valence electrons. The number of fused-ring (bicyclic) bond motifs is 1. The first kappa shape index (κ1) is 15.3. The van der Waals surface area contributed by atoms with Gasteiger partial charge in [-0.05, 0) is 19.4 Å². The molecule has 20 heavy (non-hydrogen) atoms. The number of aromatic nitrogens is 2. The van der Waals surface area contributed by atoms with Crippen LogP contribution < -0.4 is 5.32 Å². The Labute approximate surface area is 127 Å². The number of nitrogens with one attached hydrogen (secondary N) is 1. The predicted molar refractivity (Wildman–Crippen MR) is 85.8 cm³/mol. The minimum Gasteiger partial charge on any atom is -0.358 e. The second-order valence-electron chi connectivity index (χ2n) is 4.97. The molecule has 1 N–H and O–H groups in total. The molecule has 2 aromatic rings. The number of hydrogen-bond acceptors (Lipinski definition) is 5. The number of carbonyl (C=O) groups excluding carboxylic acids is 1. The molecule has 6 heteroatoms. The lowest BCUT2D eigenvalue weighted by atomic mass is 10.2. The highest BCUT2D eigenvalue weighted by Gasteiger charge is 2.17. The Bertz CT molecular complexity index is 649. The fraction of sp³-hybridized carbons (Fsp3) is 0.500. The lowest BCUT2D eigenvalue weighted by Crippen LogP contribution is -2.19. The van der Waals surface area contributed by atoms with E-state index in [1.165, 1.54) is 22.2 Å². The quantitative estimate of drug-likeness (QED) is 0.695. The highest BCUT2D eigenvalue weighted by Crippen LogP contribution is 2.35. The van der Waals surface area contributed by atoms with Gasteiger partial charge in [0.1, 0.15) is 15.7 Å². The smallest absolute Gasteiger partial charge is 0.230 e. The zero-order valence-corrected chi connectivity index (χ0v) is 14.0. The number of carbonyl (C=O) groups is 1. The van der Waals surface area contributed by atoms with E-state index in [0.717, 1.165) is 21.1 Å². The molecule has 1 amide bonds. The molecule has 0 saturated heterocycles. The molecule has 0 radical (unpaired) electrons. The highest BCUT2D eigenvalue weighted by atomic mass is 32.2. The summed E-state index contributed by atoms with van der Waals surface area (Å²) in [5, 5.41) is 4.66. The molecule has 0 unspecified atom stereocenters. The van der Waals surface area contributed by atoms with Crippen molar-refractivity contribution in [3.63, 3.8) is 0 Å². The molecule has 0 saturated carbocycles. The summed E-state index contributed by atoms with van der Waals surface area (Å²) in [4.78, 5) is 23.1. The van der Waals surface area contributed by atoms with Gasteiger partial charge in [0.15, 0.2) is 0 Å². The van der Waals surface area contributed by atoms with Crippen LogP contribution in [0.3, 0.4) is 0 Å². The highest BCUT2D eigenvalue weighted by molar-refractivity contribution is 8.00. The van der Waals surface area contributed by atoms with Crippen molar-refractivity contribution in [1.82, 2.24) is 15.3 Å². The SMILES string of the molecule is CNC(=O)CSc1nc(C(C)C)nc2sc(C)c(C)c12. The summed E-state index contributed by atoms with van der Waals surface area (Å²) in [5.74, 6) is 1.52. The van der Waals surface area contributed by atoms with Crippen molar-refractivity contribution in [2.45, 2.75) is 38.6 Å². The van der Waals surface area contributed by atoms with Crippen molar-refractivity contribution in [1.29, 1.82) is 0 Å². The Morgan fingerprint density at radius 2 is 2.05 bits per heavy atom. The number of rotatable bonds is 4. The molecule has 2 heterocycles. The fourth-order valence-electron chi connectivity index (χ4n) is 1.80. The number of thioether (sulfide) groups is 1. The van der Waals surface area contributed by atoms with Gasteiger partial charge in [-0.1, -0.05) is 25.6 Å². The second kappa shape index (κ2) is 6.10. The van der Waals surface area contributed by atoms with E-state index in [9.17, 15) is 4.79 Å². The van der Waals surface area contributed by atoms with E-state index in [2.05, 4.69) is 43.0 Å². The topological polar surface area (TPSA) is 54.9 Å². The van der Waals surface area contributed by atoms with Crippen LogP contribution in [0.5, 0.6) is 0 Å². The van der Waals surface area contributed by atoms with Crippen molar-refractivity contribution < 1.29 is 4.79 Å². The van der Waals surface area contributed by atoms with Gasteiger partial charge in [-0.2, -0.15) is 0 Å². The lowest BCUT2D eigenvalue weighted by molar-refractivity contribution is -0.118. The second-order valence-corrected chi connectivity index (χ2v) is 7.13. The van der Waals surface area contributed by atoms with Gasteiger partial charge in [0.2, 0.25) is 5.91 Å². The molecule has 0 aliphatic carbocycles. The van der Waals surface area contributed by atoms with Crippen LogP contribution in [0.2, 0.25) is 0 Å². The van der Waals surface area contributed by atoms with Crippen molar-refractivity contribution in [3.05, 3.63) is 16.3 Å². The standard InChI is InChI=1S/C14H19N3OS2/c1-7(2)12-16-13(19-6-10(18)15-5)11-8(3)9(4)20-14(11)17-12/h7H,6H2,1-5H3,(H,15,18). The first-order valence-electron chi connectivity index (χ1n) is 6.55. The van der Waals surface area contributed by atoms with E-state index in [-0.39, 0.29) is 11.8 Å². The van der Waals surface area contributed by atoms with Crippen LogP contribution in [0.4, 0.5) is 0 Å². The molecule has 0 atom stereocenters. The maximum absolute atomic E-state index is 11.5. The van der Waals surface area contributed by atoms with Crippen LogP contribution in [0.1, 0.15) is 36.0 Å². The number of amides is 1. The number of thiophene rings is 1. The average molecular weight is 309 g/mol. The minimum atomic E-state index is 0.0115. The van der Waals surface area contributed by atoms with Crippen LogP contribution in [0.15, 0.2) is 5.03 Å². The molecular weight excluding hydrogens is 290 g/mol. The summed E-state index contributed by atoms with van der Waals surface area (Å²) in [7, 11) is 1.65. The molecule has 0 bridgehead atoms. The largest absolute Gasteiger partial charge is 0.358 e. The van der Waals surface area contributed by atoms with Crippen molar-refractivity contribution in [3.8, 4) is 0 Å². The summed E-state index contributed by atoms with van der Waals surface area (Å²) in [5.41, 5.74) is 1.22. The van der Waals surface area contributed by atoms with Gasteiger partial charge in [-0.15, -0.1) is 11.3 Å². The summed E-state index contributed by atoms with van der Waals surface area (Å²) >= 11 is 3.18. The zero-order chi connectivity index (χ0) is 14.9. The average Bonchev–Trinajstić information content (AvgIpc) is 2.71. The number of nitrogens with zero attached hydrogens (tertiary/aromatic N) is 2. The minimum absolute atomic E-state index is 0.0115. The third kappa shape index (κ3) is 2.96. The molecule has 0 aliphatic rings. The monoisotopic (exact) mass is 309 g/mol. The lowest BCUT2D eigenvalue weighted by Gasteiger charge is -2.08. The van der Waals surface area contributed by atoms with Gasteiger partial charge in [0, 0.05) is 23.2 Å². The normalized spacial score (nSPS) is 11.3.